The highest BCUT2D eigenvalue weighted by molar-refractivity contribution is 7.17. The van der Waals surface area contributed by atoms with Gasteiger partial charge in [-0.1, -0.05) is 19.6 Å². The molecule has 0 saturated carbocycles. The van der Waals surface area contributed by atoms with Gasteiger partial charge in [-0.3, -0.25) is 14.3 Å². The van der Waals surface area contributed by atoms with Gasteiger partial charge in [-0.05, 0) is 92.3 Å². The Kier molecular flexibility index (Phi) is 8.51. The second-order valence-corrected chi connectivity index (χ2v) is 18.7. The van der Waals surface area contributed by atoms with Crippen LogP contribution in [-0.4, -0.2) is 60.9 Å². The van der Waals surface area contributed by atoms with Gasteiger partial charge in [0.1, 0.15) is 18.2 Å². The van der Waals surface area contributed by atoms with Gasteiger partial charge in [0.25, 0.3) is 5.56 Å². The van der Waals surface area contributed by atoms with E-state index in [-0.39, 0.29) is 12.3 Å². The van der Waals surface area contributed by atoms with E-state index in [1.165, 1.54) is 19.4 Å². The van der Waals surface area contributed by atoms with Crippen molar-refractivity contribution in [3.63, 3.8) is 0 Å². The number of thiophene rings is 1. The highest BCUT2D eigenvalue weighted by Gasteiger charge is 2.20. The molecule has 3 aromatic heterocycles. The fourth-order valence-electron chi connectivity index (χ4n) is 5.24. The van der Waals surface area contributed by atoms with Crippen molar-refractivity contribution < 1.29 is 9.47 Å². The van der Waals surface area contributed by atoms with E-state index in [1.54, 1.807) is 15.9 Å². The first-order chi connectivity index (χ1) is 18.7. The average molecular weight is 565 g/mol. The number of nitrogens with zero attached hydrogens (tertiary/aromatic N) is 4. The summed E-state index contributed by atoms with van der Waals surface area (Å²) in [6.45, 7) is 12.7. The fraction of sp³-hybridized carbons (Fsp3) is 0.500. The number of hydrogen-bond donors (Lipinski definition) is 0. The van der Waals surface area contributed by atoms with E-state index in [9.17, 15) is 4.79 Å². The van der Waals surface area contributed by atoms with Crippen LogP contribution in [0.4, 0.5) is 0 Å². The second kappa shape index (κ2) is 11.9. The number of fused-ring (bicyclic) bond motifs is 2. The largest absolute Gasteiger partial charge is 0.494 e. The summed E-state index contributed by atoms with van der Waals surface area (Å²) in [6, 6.07) is 8.95. The lowest BCUT2D eigenvalue weighted by Crippen LogP contribution is -2.32. The molecule has 1 unspecified atom stereocenters. The van der Waals surface area contributed by atoms with Crippen molar-refractivity contribution in [1.29, 1.82) is 0 Å². The molecule has 7 nitrogen and oxygen atoms in total. The molecule has 0 amide bonds. The number of piperidine rings is 1. The maximum absolute atomic E-state index is 14.0. The fourth-order valence-corrected chi connectivity index (χ4v) is 6.74. The van der Waals surface area contributed by atoms with Crippen LogP contribution in [0.3, 0.4) is 0 Å². The molecule has 0 bridgehead atoms. The Balaban J connectivity index is 1.46. The van der Waals surface area contributed by atoms with Crippen LogP contribution in [0, 0.1) is 12.8 Å². The minimum atomic E-state index is -1.26. The summed E-state index contributed by atoms with van der Waals surface area (Å²) in [7, 11) is 0.933. The summed E-state index contributed by atoms with van der Waals surface area (Å²) < 4.78 is 15.0. The quantitative estimate of drug-likeness (QED) is 0.164. The van der Waals surface area contributed by atoms with Crippen LogP contribution in [0.1, 0.15) is 24.8 Å². The zero-order chi connectivity index (χ0) is 27.6. The van der Waals surface area contributed by atoms with Crippen molar-refractivity contribution in [3.05, 3.63) is 51.8 Å². The highest BCUT2D eigenvalue weighted by atomic mass is 32.1. The van der Waals surface area contributed by atoms with Crippen LogP contribution in [0.25, 0.3) is 32.5 Å². The number of likely N-dealkylation sites (tertiary alicyclic amines) is 1. The van der Waals surface area contributed by atoms with E-state index in [1.807, 2.05) is 31.3 Å². The number of hydrogen-bond acceptors (Lipinski definition) is 7. The van der Waals surface area contributed by atoms with Crippen molar-refractivity contribution >= 4 is 40.4 Å². The molecule has 1 fully saturated rings. The molecule has 1 saturated heterocycles. The monoisotopic (exact) mass is 564 g/mol. The van der Waals surface area contributed by atoms with Gasteiger partial charge < -0.3 is 14.4 Å². The summed E-state index contributed by atoms with van der Waals surface area (Å²) in [5.74, 6) is 1.92. The summed E-state index contributed by atoms with van der Waals surface area (Å²) in [6.07, 6.45) is 5.38. The van der Waals surface area contributed by atoms with Crippen molar-refractivity contribution in [3.8, 4) is 17.3 Å². The SMILES string of the molecule is Cc1cc(OCCC2CCCN(C)C2)cc2c(=O)n(COCC[Si](C)(C)C)c(-c3cc4ccsc4cn3)nc12. The Bertz CT molecular complexity index is 1510. The molecule has 4 heterocycles. The van der Waals surface area contributed by atoms with Gasteiger partial charge in [0.05, 0.1) is 22.2 Å². The van der Waals surface area contributed by atoms with Gasteiger partial charge in [0.15, 0.2) is 5.82 Å². The second-order valence-electron chi connectivity index (χ2n) is 12.1. The standard InChI is InChI=1S/C30H40N4O3SSi/c1-21-15-24(37-11-8-22-7-6-10-33(2)19-22)17-25-28(21)32-29(26-16-23-9-13-38-27(23)18-31-26)34(30(25)35)20-36-12-14-39(3,4)5/h9,13,15-18,22H,6-8,10-12,14,19-20H2,1-5H3. The summed E-state index contributed by atoms with van der Waals surface area (Å²) >= 11 is 1.65. The molecular weight excluding hydrogens is 525 g/mol. The van der Waals surface area contributed by atoms with Crippen LogP contribution in [0.5, 0.6) is 5.75 Å². The lowest BCUT2D eigenvalue weighted by Gasteiger charge is -2.29. The molecule has 0 aliphatic carbocycles. The molecule has 1 aliphatic rings. The van der Waals surface area contributed by atoms with Gasteiger partial charge in [-0.2, -0.15) is 0 Å². The first-order valence-electron chi connectivity index (χ1n) is 14.0. The average Bonchev–Trinajstić information content (AvgIpc) is 3.35. The molecular formula is C30H40N4O3SSi. The maximum atomic E-state index is 14.0. The molecule has 1 aliphatic heterocycles. The van der Waals surface area contributed by atoms with E-state index < -0.39 is 8.07 Å². The summed E-state index contributed by atoms with van der Waals surface area (Å²) in [4.78, 5) is 26.0. The lowest BCUT2D eigenvalue weighted by atomic mass is 9.96. The molecule has 0 spiro atoms. The van der Waals surface area contributed by atoms with Gasteiger partial charge >= 0.3 is 0 Å². The van der Waals surface area contributed by atoms with E-state index in [0.717, 1.165) is 40.4 Å². The zero-order valence-corrected chi connectivity index (χ0v) is 25.6. The zero-order valence-electron chi connectivity index (χ0n) is 23.8. The molecule has 0 radical (unpaired) electrons. The lowest BCUT2D eigenvalue weighted by molar-refractivity contribution is 0.0856. The number of ether oxygens (including phenoxy) is 2. The number of rotatable bonds is 10. The molecule has 4 aromatic rings. The Hall–Kier alpha value is -2.59. The molecule has 1 atom stereocenters. The maximum Gasteiger partial charge on any atom is 0.263 e. The van der Waals surface area contributed by atoms with Crippen molar-refractivity contribution in [2.75, 3.05) is 33.4 Å². The number of aryl methyl sites for hydroxylation is 1. The first-order valence-corrected chi connectivity index (χ1v) is 18.5. The Morgan fingerprint density at radius 3 is 2.82 bits per heavy atom. The normalized spacial score (nSPS) is 16.8. The van der Waals surface area contributed by atoms with Crippen LogP contribution >= 0.6 is 11.3 Å². The predicted molar refractivity (Wildman–Crippen MR) is 164 cm³/mol. The minimum Gasteiger partial charge on any atom is -0.494 e. The predicted octanol–water partition coefficient (Wildman–Crippen LogP) is 6.40. The van der Waals surface area contributed by atoms with E-state index in [2.05, 4.69) is 48.0 Å². The number of pyridine rings is 1. The van der Waals surface area contributed by atoms with Gasteiger partial charge in [0.2, 0.25) is 0 Å². The van der Waals surface area contributed by atoms with Crippen LogP contribution in [0.2, 0.25) is 25.7 Å². The topological polar surface area (TPSA) is 69.5 Å². The first kappa shape index (κ1) is 28.0. The summed E-state index contributed by atoms with van der Waals surface area (Å²) in [5, 5.41) is 3.70. The van der Waals surface area contributed by atoms with Crippen molar-refractivity contribution in [2.45, 2.75) is 58.6 Å². The third-order valence-electron chi connectivity index (χ3n) is 7.53. The van der Waals surface area contributed by atoms with Crippen molar-refractivity contribution in [1.82, 2.24) is 19.4 Å². The smallest absolute Gasteiger partial charge is 0.263 e. The molecule has 1 aromatic carbocycles. The third-order valence-corrected chi connectivity index (χ3v) is 10.1. The Morgan fingerprint density at radius 2 is 2.03 bits per heavy atom. The molecule has 9 heteroatoms. The Labute approximate surface area is 235 Å². The minimum absolute atomic E-state index is 0.127. The Morgan fingerprint density at radius 1 is 1.18 bits per heavy atom. The van der Waals surface area contributed by atoms with Gasteiger partial charge in [0, 0.05) is 27.4 Å². The third kappa shape index (κ3) is 6.77. The number of aromatic nitrogens is 3. The molecule has 5 rings (SSSR count). The van der Waals surface area contributed by atoms with Crippen molar-refractivity contribution in [2.24, 2.45) is 5.92 Å². The van der Waals surface area contributed by atoms with Gasteiger partial charge in [-0.25, -0.2) is 4.98 Å². The number of benzene rings is 1. The summed E-state index contributed by atoms with van der Waals surface area (Å²) in [5.41, 5.74) is 2.15. The van der Waals surface area contributed by atoms with E-state index in [4.69, 9.17) is 14.5 Å². The van der Waals surface area contributed by atoms with Crippen LogP contribution in [0.15, 0.2) is 40.6 Å². The van der Waals surface area contributed by atoms with E-state index >= 15 is 0 Å². The van der Waals surface area contributed by atoms with Crippen LogP contribution in [-0.2, 0) is 11.5 Å². The molecule has 39 heavy (non-hydrogen) atoms. The van der Waals surface area contributed by atoms with Crippen LogP contribution < -0.4 is 10.3 Å². The molecule has 0 N–H and O–H groups in total. The van der Waals surface area contributed by atoms with Gasteiger partial charge in [-0.15, -0.1) is 11.3 Å². The van der Waals surface area contributed by atoms with E-state index in [0.29, 0.717) is 41.6 Å². The molecule has 208 valence electrons. The highest BCUT2D eigenvalue weighted by Crippen LogP contribution is 2.28.